The molecule has 1 fully saturated rings. The number of aromatic nitrogens is 1. The summed E-state index contributed by atoms with van der Waals surface area (Å²) in [4.78, 5) is 4.33. The zero-order chi connectivity index (χ0) is 18.1. The molecule has 0 spiro atoms. The van der Waals surface area contributed by atoms with Gasteiger partial charge < -0.3 is 5.11 Å². The molecule has 0 saturated carbocycles. The Bertz CT molecular complexity index is 1040. The maximum absolute atomic E-state index is 13.3. The molecule has 3 aromatic rings. The molecule has 1 N–H and O–H groups in total. The number of rotatable bonds is 3. The Morgan fingerprint density at radius 3 is 2.65 bits per heavy atom. The number of phenolic OH excluding ortho intramolecular Hbond substituents is 1. The monoisotopic (exact) mass is 368 g/mol. The van der Waals surface area contributed by atoms with Crippen molar-refractivity contribution in [3.05, 3.63) is 66.4 Å². The van der Waals surface area contributed by atoms with Crippen LogP contribution in [0.2, 0.25) is 0 Å². The average molecular weight is 368 g/mol. The zero-order valence-electron chi connectivity index (χ0n) is 14.2. The van der Waals surface area contributed by atoms with Crippen LogP contribution in [-0.4, -0.2) is 35.9 Å². The first-order valence-corrected chi connectivity index (χ1v) is 10.1. The van der Waals surface area contributed by atoms with E-state index in [0.29, 0.717) is 24.0 Å². The van der Waals surface area contributed by atoms with E-state index in [1.165, 1.54) is 17.7 Å². The maximum Gasteiger partial charge on any atom is 0.243 e. The van der Waals surface area contributed by atoms with E-state index in [4.69, 9.17) is 0 Å². The largest absolute Gasteiger partial charge is 0.506 e. The SMILES string of the molecule is O=S(=O)(c1ccc(O)c2ncccc12)N1CCCC(c2ccccc2)C1. The first kappa shape index (κ1) is 17.0. The first-order valence-electron chi connectivity index (χ1n) is 8.69. The van der Waals surface area contributed by atoms with Gasteiger partial charge in [-0.1, -0.05) is 30.3 Å². The molecule has 1 unspecified atom stereocenters. The fourth-order valence-corrected chi connectivity index (χ4v) is 5.36. The van der Waals surface area contributed by atoms with Crippen molar-refractivity contribution >= 4 is 20.9 Å². The van der Waals surface area contributed by atoms with E-state index in [1.807, 2.05) is 18.2 Å². The van der Waals surface area contributed by atoms with Crippen LogP contribution in [0.5, 0.6) is 5.75 Å². The van der Waals surface area contributed by atoms with E-state index in [-0.39, 0.29) is 16.6 Å². The highest BCUT2D eigenvalue weighted by molar-refractivity contribution is 7.89. The highest BCUT2D eigenvalue weighted by atomic mass is 32.2. The summed E-state index contributed by atoms with van der Waals surface area (Å²) in [6.07, 6.45) is 3.35. The van der Waals surface area contributed by atoms with Crippen LogP contribution in [0.3, 0.4) is 0 Å². The quantitative estimate of drug-likeness (QED) is 0.768. The molecule has 1 saturated heterocycles. The van der Waals surface area contributed by atoms with Gasteiger partial charge in [-0.2, -0.15) is 4.31 Å². The van der Waals surface area contributed by atoms with E-state index in [2.05, 4.69) is 17.1 Å². The number of pyridine rings is 1. The molecule has 0 bridgehead atoms. The van der Waals surface area contributed by atoms with Crippen molar-refractivity contribution in [3.8, 4) is 5.75 Å². The molecule has 4 rings (SSSR count). The molecular formula is C20H20N2O3S. The van der Waals surface area contributed by atoms with Gasteiger partial charge in [0, 0.05) is 24.7 Å². The van der Waals surface area contributed by atoms with Crippen molar-refractivity contribution < 1.29 is 13.5 Å². The van der Waals surface area contributed by atoms with Gasteiger partial charge in [-0.25, -0.2) is 8.42 Å². The lowest BCUT2D eigenvalue weighted by Crippen LogP contribution is -2.39. The molecule has 2 heterocycles. The standard InChI is InChI=1S/C20H20N2O3S/c23-18-10-11-19(17-9-4-12-21-20(17)18)26(24,25)22-13-5-8-16(14-22)15-6-2-1-3-7-15/h1-4,6-7,9-12,16,23H,5,8,13-14H2. The van der Waals surface area contributed by atoms with Crippen LogP contribution in [0.15, 0.2) is 65.7 Å². The van der Waals surface area contributed by atoms with Gasteiger partial charge in [0.25, 0.3) is 0 Å². The van der Waals surface area contributed by atoms with Crippen LogP contribution in [0.4, 0.5) is 0 Å². The smallest absolute Gasteiger partial charge is 0.243 e. The van der Waals surface area contributed by atoms with Gasteiger partial charge in [0.15, 0.2) is 0 Å². The molecule has 134 valence electrons. The highest BCUT2D eigenvalue weighted by Crippen LogP contribution is 2.34. The fourth-order valence-electron chi connectivity index (χ4n) is 3.65. The van der Waals surface area contributed by atoms with Crippen molar-refractivity contribution in [2.24, 2.45) is 0 Å². The number of fused-ring (bicyclic) bond motifs is 1. The number of aromatic hydroxyl groups is 1. The second-order valence-electron chi connectivity index (χ2n) is 6.60. The minimum absolute atomic E-state index is 0.0136. The number of sulfonamides is 1. The van der Waals surface area contributed by atoms with Gasteiger partial charge in [0.2, 0.25) is 10.0 Å². The summed E-state index contributed by atoms with van der Waals surface area (Å²) < 4.78 is 28.2. The zero-order valence-corrected chi connectivity index (χ0v) is 15.1. The van der Waals surface area contributed by atoms with Gasteiger partial charge in [-0.05, 0) is 48.6 Å². The van der Waals surface area contributed by atoms with Crippen LogP contribution in [0.25, 0.3) is 10.9 Å². The van der Waals surface area contributed by atoms with Crippen molar-refractivity contribution in [3.63, 3.8) is 0 Å². The molecule has 6 heteroatoms. The summed E-state index contributed by atoms with van der Waals surface area (Å²) in [7, 11) is -3.66. The normalized spacial score (nSPS) is 18.8. The predicted octanol–water partition coefficient (Wildman–Crippen LogP) is 3.51. The summed E-state index contributed by atoms with van der Waals surface area (Å²) in [6.45, 7) is 0.975. The second kappa shape index (κ2) is 6.70. The van der Waals surface area contributed by atoms with E-state index < -0.39 is 10.0 Å². The minimum atomic E-state index is -3.66. The average Bonchev–Trinajstić information content (AvgIpc) is 2.69. The summed E-state index contributed by atoms with van der Waals surface area (Å²) in [5, 5.41) is 10.4. The van der Waals surface area contributed by atoms with E-state index in [0.717, 1.165) is 12.8 Å². The molecular weight excluding hydrogens is 348 g/mol. The van der Waals surface area contributed by atoms with E-state index in [9.17, 15) is 13.5 Å². The van der Waals surface area contributed by atoms with Gasteiger partial charge in [-0.15, -0.1) is 0 Å². The third-order valence-electron chi connectivity index (χ3n) is 4.98. The number of benzene rings is 2. The number of nitrogens with zero attached hydrogens (tertiary/aromatic N) is 2. The summed E-state index contributed by atoms with van der Waals surface area (Å²) in [5.41, 5.74) is 1.48. The Kier molecular flexibility index (Phi) is 4.38. The van der Waals surface area contributed by atoms with E-state index >= 15 is 0 Å². The molecule has 1 aromatic heterocycles. The lowest BCUT2D eigenvalue weighted by atomic mass is 9.92. The molecule has 0 amide bonds. The Labute approximate surface area is 153 Å². The summed E-state index contributed by atoms with van der Waals surface area (Å²) >= 11 is 0. The van der Waals surface area contributed by atoms with Crippen molar-refractivity contribution in [1.82, 2.24) is 9.29 Å². The minimum Gasteiger partial charge on any atom is -0.506 e. The summed E-state index contributed by atoms with van der Waals surface area (Å²) in [5.74, 6) is 0.182. The Hall–Kier alpha value is -2.44. The van der Waals surface area contributed by atoms with Crippen LogP contribution in [0.1, 0.15) is 24.3 Å². The third-order valence-corrected chi connectivity index (χ3v) is 6.90. The van der Waals surface area contributed by atoms with Gasteiger partial charge in [-0.3, -0.25) is 4.98 Å². The predicted molar refractivity (Wildman–Crippen MR) is 101 cm³/mol. The highest BCUT2D eigenvalue weighted by Gasteiger charge is 2.32. The van der Waals surface area contributed by atoms with Gasteiger partial charge in [0.1, 0.15) is 11.3 Å². The lowest BCUT2D eigenvalue weighted by molar-refractivity contribution is 0.316. The molecule has 5 nitrogen and oxygen atoms in total. The van der Waals surface area contributed by atoms with Crippen molar-refractivity contribution in [1.29, 1.82) is 0 Å². The third kappa shape index (κ3) is 2.95. The molecule has 0 radical (unpaired) electrons. The maximum atomic E-state index is 13.3. The fraction of sp³-hybridized carbons (Fsp3) is 0.250. The van der Waals surface area contributed by atoms with Crippen LogP contribution in [-0.2, 0) is 10.0 Å². The van der Waals surface area contributed by atoms with Crippen LogP contribution < -0.4 is 0 Å². The topological polar surface area (TPSA) is 70.5 Å². The molecule has 1 atom stereocenters. The number of hydrogen-bond acceptors (Lipinski definition) is 4. The van der Waals surface area contributed by atoms with Gasteiger partial charge in [0.05, 0.1) is 4.90 Å². The number of piperidine rings is 1. The molecule has 2 aromatic carbocycles. The number of hydrogen-bond donors (Lipinski definition) is 1. The van der Waals surface area contributed by atoms with Crippen LogP contribution in [0, 0.1) is 0 Å². The van der Waals surface area contributed by atoms with Gasteiger partial charge >= 0.3 is 0 Å². The van der Waals surface area contributed by atoms with Crippen molar-refractivity contribution in [2.45, 2.75) is 23.7 Å². The van der Waals surface area contributed by atoms with Crippen LogP contribution >= 0.6 is 0 Å². The Morgan fingerprint density at radius 1 is 1.04 bits per heavy atom. The molecule has 1 aliphatic heterocycles. The molecule has 1 aliphatic rings. The second-order valence-corrected chi connectivity index (χ2v) is 8.50. The number of phenols is 1. The summed E-state index contributed by atoms with van der Waals surface area (Å²) in [6, 6.07) is 16.3. The Balaban J connectivity index is 1.72. The first-order chi connectivity index (χ1) is 12.6. The molecule has 0 aliphatic carbocycles. The lowest BCUT2D eigenvalue weighted by Gasteiger charge is -2.32. The Morgan fingerprint density at radius 2 is 1.85 bits per heavy atom. The van der Waals surface area contributed by atoms with Crippen molar-refractivity contribution in [2.75, 3.05) is 13.1 Å². The molecule has 26 heavy (non-hydrogen) atoms. The van der Waals surface area contributed by atoms with E-state index in [1.54, 1.807) is 22.6 Å².